The van der Waals surface area contributed by atoms with Crippen molar-refractivity contribution in [3.8, 4) is 0 Å². The molecule has 0 unspecified atom stereocenters. The maximum atomic E-state index is 14.4. The minimum Gasteiger partial charge on any atom is -0.481 e. The molecular formula is C55H102N14O12. The van der Waals surface area contributed by atoms with Gasteiger partial charge in [0.1, 0.15) is 12.1 Å². The van der Waals surface area contributed by atoms with Crippen LogP contribution in [0.2, 0.25) is 0 Å². The van der Waals surface area contributed by atoms with Gasteiger partial charge in [-0.3, -0.25) is 58.1 Å². The topological polar surface area (TPSA) is 482 Å². The summed E-state index contributed by atoms with van der Waals surface area (Å²) in [6, 6.07) is -5.32. The summed E-state index contributed by atoms with van der Waals surface area (Å²) in [5.74, 6) is -10.5. The third-order valence-electron chi connectivity index (χ3n) is 13.9. The Morgan fingerprint density at radius 1 is 0.420 bits per heavy atom. The van der Waals surface area contributed by atoms with Gasteiger partial charge in [-0.2, -0.15) is 0 Å². The van der Waals surface area contributed by atoms with Gasteiger partial charge in [0.05, 0.1) is 25.3 Å². The summed E-state index contributed by atoms with van der Waals surface area (Å²) in [6.07, 6.45) is 13.8. The number of aliphatic hydroxyl groups excluding tert-OH is 2. The lowest BCUT2D eigenvalue weighted by atomic mass is 9.88. The molecule has 0 aliphatic carbocycles. The molecule has 0 fully saturated rings. The number of guanidine groups is 3. The second-order valence-corrected chi connectivity index (χ2v) is 20.9. The lowest BCUT2D eigenvalue weighted by Gasteiger charge is -2.26. The van der Waals surface area contributed by atoms with Crippen molar-refractivity contribution >= 4 is 70.6 Å². The summed E-state index contributed by atoms with van der Waals surface area (Å²) < 4.78 is 0. The highest BCUT2D eigenvalue weighted by molar-refractivity contribution is 5.97. The third kappa shape index (κ3) is 38.1. The number of carbonyl (C=O) groups is 9. The maximum Gasteiger partial charge on any atom is 0.303 e. The molecule has 0 bridgehead atoms. The Morgan fingerprint density at radius 2 is 0.778 bits per heavy atom. The summed E-state index contributed by atoms with van der Waals surface area (Å²) in [5, 5.41) is 40.1. The zero-order valence-corrected chi connectivity index (χ0v) is 48.5. The molecule has 464 valence electrons. The van der Waals surface area contributed by atoms with Crippen LogP contribution in [0.4, 0.5) is 0 Å². The van der Waals surface area contributed by atoms with E-state index in [2.05, 4.69) is 43.2 Å². The van der Waals surface area contributed by atoms with Crippen molar-refractivity contribution in [2.45, 2.75) is 218 Å². The van der Waals surface area contributed by atoms with E-state index < -0.39 is 140 Å². The first kappa shape index (κ1) is 74.7. The summed E-state index contributed by atoms with van der Waals surface area (Å²) in [4.78, 5) is 133. The molecule has 0 heterocycles. The number of Topliss-reactive ketones (excluding diaryl/α,β-unsaturated/α-hetero) is 4. The Hall–Kier alpha value is -6.28. The predicted molar refractivity (Wildman–Crippen MR) is 312 cm³/mol. The van der Waals surface area contributed by atoms with E-state index in [0.29, 0.717) is 19.3 Å². The summed E-state index contributed by atoms with van der Waals surface area (Å²) in [6.45, 7) is 2.40. The molecule has 0 aromatic rings. The summed E-state index contributed by atoms with van der Waals surface area (Å²) in [7, 11) is 0. The number of rotatable bonds is 52. The number of hydrogen-bond donors (Lipinski definition) is 14. The molecule has 0 saturated heterocycles. The van der Waals surface area contributed by atoms with Crippen LogP contribution < -0.4 is 61.4 Å². The quantitative estimate of drug-likeness (QED) is 0.0228. The molecule has 26 heteroatoms. The van der Waals surface area contributed by atoms with Gasteiger partial charge < -0.3 is 76.7 Å². The van der Waals surface area contributed by atoms with Crippen LogP contribution in [0.15, 0.2) is 15.0 Å². The Kier molecular flexibility index (Phi) is 42.7. The molecule has 0 radical (unpaired) electrons. The first-order valence-electron chi connectivity index (χ1n) is 29.2. The van der Waals surface area contributed by atoms with Crippen LogP contribution in [-0.4, -0.2) is 149 Å². The molecule has 21 N–H and O–H groups in total. The van der Waals surface area contributed by atoms with E-state index in [0.717, 1.165) is 25.7 Å². The van der Waals surface area contributed by atoms with Crippen molar-refractivity contribution in [3.05, 3.63) is 0 Å². The van der Waals surface area contributed by atoms with Gasteiger partial charge in [-0.25, -0.2) is 0 Å². The number of carbonyl (C=O) groups excluding carboxylic acids is 8. The third-order valence-corrected chi connectivity index (χ3v) is 13.9. The van der Waals surface area contributed by atoms with Gasteiger partial charge in [0.25, 0.3) is 0 Å². The van der Waals surface area contributed by atoms with Gasteiger partial charge in [0.15, 0.2) is 41.0 Å². The van der Waals surface area contributed by atoms with Crippen molar-refractivity contribution in [1.82, 2.24) is 21.3 Å². The van der Waals surface area contributed by atoms with Crippen molar-refractivity contribution < 1.29 is 58.5 Å². The highest BCUT2D eigenvalue weighted by Crippen LogP contribution is 2.22. The van der Waals surface area contributed by atoms with E-state index in [9.17, 15) is 58.5 Å². The normalized spacial score (nSPS) is 13.6. The average Bonchev–Trinajstić information content (AvgIpc) is 3.41. The largest absolute Gasteiger partial charge is 0.481 e. The zero-order chi connectivity index (χ0) is 61.0. The summed E-state index contributed by atoms with van der Waals surface area (Å²) >= 11 is 0. The first-order chi connectivity index (χ1) is 38.6. The van der Waals surface area contributed by atoms with E-state index in [1.165, 1.54) is 58.3 Å². The van der Waals surface area contributed by atoms with Crippen LogP contribution in [0.25, 0.3) is 0 Å². The number of aliphatic hydroxyl groups is 2. The van der Waals surface area contributed by atoms with Gasteiger partial charge in [0, 0.05) is 69.5 Å². The number of aliphatic carboxylic acids is 1. The summed E-state index contributed by atoms with van der Waals surface area (Å²) in [5.41, 5.74) is 38.7. The second kappa shape index (κ2) is 46.3. The molecule has 26 nitrogen and oxygen atoms in total. The number of ketones is 4. The van der Waals surface area contributed by atoms with E-state index in [-0.39, 0.29) is 95.4 Å². The van der Waals surface area contributed by atoms with Crippen LogP contribution in [-0.2, 0) is 43.2 Å². The Bertz CT molecular complexity index is 1980. The van der Waals surface area contributed by atoms with Crippen molar-refractivity contribution in [2.24, 2.45) is 72.9 Å². The van der Waals surface area contributed by atoms with Crippen LogP contribution in [0.3, 0.4) is 0 Å². The van der Waals surface area contributed by atoms with Crippen LogP contribution in [0.1, 0.15) is 194 Å². The Labute approximate surface area is 479 Å². The predicted octanol–water partition coefficient (Wildman–Crippen LogP) is 0.861. The molecule has 7 atom stereocenters. The molecule has 0 aromatic carbocycles. The lowest BCUT2D eigenvalue weighted by Crippen LogP contribution is -2.49. The number of carboxylic acid groups (broad SMARTS) is 1. The van der Waals surface area contributed by atoms with Gasteiger partial charge >= 0.3 is 5.97 Å². The molecular weight excluding hydrogens is 1050 g/mol. The number of nitrogens with zero attached hydrogens (tertiary/aromatic N) is 3. The SMILES string of the molecule is CCCCCCCCCCCCCCCC(=O)N[C@@H](CO)C(=O)C[C@@H](CCCN=C(N)N)C(=O)N[C@@H](CCC(=O)O)C(=O)C[C@@H](CCCCN)C(=O)N[C@@H](CCCN=C(N)N)C(=O)C[C@@H](CCCN=C(N)N)C(=O)N[C@@H](CO)C(C)=O. The second-order valence-electron chi connectivity index (χ2n) is 20.9. The smallest absolute Gasteiger partial charge is 0.303 e. The molecule has 0 saturated carbocycles. The van der Waals surface area contributed by atoms with Crippen LogP contribution >= 0.6 is 0 Å². The molecule has 0 aromatic heterocycles. The number of nitrogens with one attached hydrogen (secondary N) is 4. The zero-order valence-electron chi connectivity index (χ0n) is 48.5. The van der Waals surface area contributed by atoms with Crippen LogP contribution in [0, 0.1) is 17.8 Å². The number of hydrogen-bond acceptors (Lipinski definition) is 15. The highest BCUT2D eigenvalue weighted by atomic mass is 16.4. The molecule has 0 spiro atoms. The van der Waals surface area contributed by atoms with Crippen molar-refractivity contribution in [2.75, 3.05) is 39.4 Å². The molecule has 0 rings (SSSR count). The number of nitrogens with two attached hydrogens (primary N) is 7. The van der Waals surface area contributed by atoms with Gasteiger partial charge in [-0.15, -0.1) is 0 Å². The number of unbranched alkanes of at least 4 members (excludes halogenated alkanes) is 13. The standard InChI is InChI=1S/C55H102N14O12/c1-3-4-5-6-7-8-9-10-11-12-13-14-15-25-48(76)66-44(36-71)47(75)34-40(23-19-30-64-54(59)60)51(80)68-42(26-27-49(77)78)46(74)32-38(21-16-17-28-56)50(79)67-41(24-20-31-65-55(61)62)45(73)33-39(22-18-29-63-53(57)58)52(81)69-43(35-70)37(2)72/h38-44,70-71H,3-36,56H2,1-2H3,(H,66,76)(H,67,79)(H,68,80)(H,69,81)(H,77,78)(H4,57,58,63)(H4,59,60,64)(H4,61,62,65)/t38-,39-,40-,41+,42+,43+,44+/m1/s1. The lowest BCUT2D eigenvalue weighted by molar-refractivity contribution is -0.139. The van der Waals surface area contributed by atoms with E-state index in [1.54, 1.807) is 0 Å². The average molecular weight is 1150 g/mol. The minimum atomic E-state index is -1.48. The van der Waals surface area contributed by atoms with Crippen molar-refractivity contribution in [3.63, 3.8) is 0 Å². The molecule has 4 amide bonds. The molecule has 81 heavy (non-hydrogen) atoms. The van der Waals surface area contributed by atoms with E-state index >= 15 is 0 Å². The maximum absolute atomic E-state index is 14.4. The fourth-order valence-corrected chi connectivity index (χ4v) is 9.10. The highest BCUT2D eigenvalue weighted by Gasteiger charge is 2.35. The monoisotopic (exact) mass is 1150 g/mol. The Balaban J connectivity index is 6.51. The van der Waals surface area contributed by atoms with Crippen molar-refractivity contribution in [1.29, 1.82) is 0 Å². The Morgan fingerprint density at radius 3 is 1.15 bits per heavy atom. The fraction of sp³-hybridized carbons (Fsp3) is 0.782. The molecule has 0 aliphatic heterocycles. The minimum absolute atomic E-state index is 0.000498. The van der Waals surface area contributed by atoms with Gasteiger partial charge in [-0.05, 0) is 77.7 Å². The number of amides is 4. The van der Waals surface area contributed by atoms with Gasteiger partial charge in [-0.1, -0.05) is 90.4 Å². The first-order valence-corrected chi connectivity index (χ1v) is 29.2. The van der Waals surface area contributed by atoms with E-state index in [1.807, 2.05) is 0 Å². The van der Waals surface area contributed by atoms with Crippen LogP contribution in [0.5, 0.6) is 0 Å². The molecule has 0 aliphatic rings. The number of carboxylic acids is 1. The fourth-order valence-electron chi connectivity index (χ4n) is 9.10. The van der Waals surface area contributed by atoms with Gasteiger partial charge in [0.2, 0.25) is 23.6 Å². The number of aliphatic imine (C=N–C) groups is 3. The van der Waals surface area contributed by atoms with E-state index in [4.69, 9.17) is 40.1 Å².